The molecule has 1 heterocycles. The average Bonchev–Trinajstić information content (AvgIpc) is 2.70. The van der Waals surface area contributed by atoms with Gasteiger partial charge in [-0.05, 0) is 41.8 Å². The summed E-state index contributed by atoms with van der Waals surface area (Å²) >= 11 is 0. The second-order valence-corrected chi connectivity index (χ2v) is 5.98. The maximum Gasteiger partial charge on any atom is 0.260 e. The van der Waals surface area contributed by atoms with Crippen LogP contribution in [0.3, 0.4) is 0 Å². The third-order valence-electron chi connectivity index (χ3n) is 4.49. The summed E-state index contributed by atoms with van der Waals surface area (Å²) in [5.41, 5.74) is 2.25. The van der Waals surface area contributed by atoms with Crippen LogP contribution >= 0.6 is 0 Å². The molecule has 1 aliphatic rings. The van der Waals surface area contributed by atoms with E-state index in [-0.39, 0.29) is 12.5 Å². The van der Waals surface area contributed by atoms with Gasteiger partial charge in [-0.3, -0.25) is 4.79 Å². The predicted octanol–water partition coefficient (Wildman–Crippen LogP) is 2.68. The maximum absolute atomic E-state index is 12.6. The summed E-state index contributed by atoms with van der Waals surface area (Å²) in [6.07, 6.45) is 0.774. The standard InChI is InChI=1S/C20H23NO5/c1-23-16-6-4-5-7-17(16)26-13-20(22)21-9-8-14-10-18(24-2)19(25-3)11-15(14)12-21/h4-7,10-11H,8-9,12-13H2,1-3H3. The molecule has 0 spiro atoms. The van der Waals surface area contributed by atoms with Gasteiger partial charge < -0.3 is 23.8 Å². The van der Waals surface area contributed by atoms with Crippen molar-refractivity contribution in [1.82, 2.24) is 4.90 Å². The molecule has 1 aliphatic heterocycles. The van der Waals surface area contributed by atoms with Crippen LogP contribution in [0.1, 0.15) is 11.1 Å². The third-order valence-corrected chi connectivity index (χ3v) is 4.49. The Balaban J connectivity index is 1.67. The number of hydrogen-bond acceptors (Lipinski definition) is 5. The molecule has 0 aliphatic carbocycles. The number of ether oxygens (including phenoxy) is 4. The highest BCUT2D eigenvalue weighted by Gasteiger charge is 2.23. The molecule has 0 aromatic heterocycles. The molecule has 2 aromatic rings. The molecule has 0 N–H and O–H groups in total. The van der Waals surface area contributed by atoms with Crippen molar-refractivity contribution in [3.8, 4) is 23.0 Å². The predicted molar refractivity (Wildman–Crippen MR) is 97.2 cm³/mol. The number of carbonyl (C=O) groups excluding carboxylic acids is 1. The largest absolute Gasteiger partial charge is 0.493 e. The lowest BCUT2D eigenvalue weighted by Crippen LogP contribution is -2.38. The number of rotatable bonds is 6. The van der Waals surface area contributed by atoms with Gasteiger partial charge in [0.25, 0.3) is 5.91 Å². The summed E-state index contributed by atoms with van der Waals surface area (Å²) in [7, 11) is 4.81. The monoisotopic (exact) mass is 357 g/mol. The van der Waals surface area contributed by atoms with Gasteiger partial charge >= 0.3 is 0 Å². The molecule has 138 valence electrons. The average molecular weight is 357 g/mol. The van der Waals surface area contributed by atoms with E-state index in [1.54, 1.807) is 38.4 Å². The van der Waals surface area contributed by atoms with E-state index >= 15 is 0 Å². The van der Waals surface area contributed by atoms with E-state index in [1.807, 2.05) is 24.3 Å². The zero-order valence-corrected chi connectivity index (χ0v) is 15.3. The molecule has 3 rings (SSSR count). The fourth-order valence-corrected chi connectivity index (χ4v) is 3.06. The molecule has 1 amide bonds. The van der Waals surface area contributed by atoms with Crippen molar-refractivity contribution < 1.29 is 23.7 Å². The molecule has 2 aromatic carbocycles. The Labute approximate surface area is 153 Å². The second kappa shape index (κ2) is 7.99. The highest BCUT2D eigenvalue weighted by atomic mass is 16.5. The van der Waals surface area contributed by atoms with Crippen LogP contribution in [0.25, 0.3) is 0 Å². The smallest absolute Gasteiger partial charge is 0.260 e. The van der Waals surface area contributed by atoms with E-state index in [2.05, 4.69) is 0 Å². The van der Waals surface area contributed by atoms with Crippen LogP contribution in [0.2, 0.25) is 0 Å². The number of amides is 1. The van der Waals surface area contributed by atoms with E-state index in [0.717, 1.165) is 12.0 Å². The lowest BCUT2D eigenvalue weighted by atomic mass is 9.99. The van der Waals surface area contributed by atoms with Gasteiger partial charge in [-0.2, -0.15) is 0 Å². The van der Waals surface area contributed by atoms with Crippen molar-refractivity contribution in [2.75, 3.05) is 34.5 Å². The molecule has 0 bridgehead atoms. The van der Waals surface area contributed by atoms with Crippen molar-refractivity contribution in [2.24, 2.45) is 0 Å². The molecular formula is C20H23NO5. The molecule has 0 radical (unpaired) electrons. The quantitative estimate of drug-likeness (QED) is 0.796. The first-order valence-electron chi connectivity index (χ1n) is 8.43. The maximum atomic E-state index is 12.6. The molecule has 0 unspecified atom stereocenters. The Morgan fingerprint density at radius 1 is 0.923 bits per heavy atom. The SMILES string of the molecule is COc1cc2c(cc1OC)CN(C(=O)COc1ccccc1OC)CC2. The van der Waals surface area contributed by atoms with Crippen LogP contribution in [0.4, 0.5) is 0 Å². The minimum absolute atomic E-state index is 0.0248. The summed E-state index contributed by atoms with van der Waals surface area (Å²) in [6.45, 7) is 1.16. The van der Waals surface area contributed by atoms with E-state index in [9.17, 15) is 4.79 Å². The first-order valence-corrected chi connectivity index (χ1v) is 8.43. The number of nitrogens with zero attached hydrogens (tertiary/aromatic N) is 1. The number of hydrogen-bond donors (Lipinski definition) is 0. The van der Waals surface area contributed by atoms with Gasteiger partial charge in [-0.15, -0.1) is 0 Å². The van der Waals surface area contributed by atoms with E-state index < -0.39 is 0 Å². The first-order chi connectivity index (χ1) is 12.7. The number of fused-ring (bicyclic) bond motifs is 1. The lowest BCUT2D eigenvalue weighted by molar-refractivity contribution is -0.134. The topological polar surface area (TPSA) is 57.2 Å². The van der Waals surface area contributed by atoms with E-state index in [1.165, 1.54) is 5.56 Å². The summed E-state index contributed by atoms with van der Waals surface area (Å²) in [6, 6.07) is 11.2. The number of para-hydroxylation sites is 2. The minimum Gasteiger partial charge on any atom is -0.493 e. The lowest BCUT2D eigenvalue weighted by Gasteiger charge is -2.29. The Bertz CT molecular complexity index is 790. The van der Waals surface area contributed by atoms with Crippen LogP contribution in [0.5, 0.6) is 23.0 Å². The van der Waals surface area contributed by atoms with Crippen molar-refractivity contribution >= 4 is 5.91 Å². The molecule has 6 nitrogen and oxygen atoms in total. The van der Waals surface area contributed by atoms with Crippen LogP contribution in [0, 0.1) is 0 Å². The molecule has 6 heteroatoms. The van der Waals surface area contributed by atoms with Gasteiger partial charge in [0.05, 0.1) is 21.3 Å². The molecule has 0 saturated heterocycles. The van der Waals surface area contributed by atoms with Gasteiger partial charge in [-0.1, -0.05) is 12.1 Å². The van der Waals surface area contributed by atoms with Gasteiger partial charge in [0, 0.05) is 13.1 Å². The molecular weight excluding hydrogens is 334 g/mol. The first kappa shape index (κ1) is 17.9. The summed E-state index contributed by atoms with van der Waals surface area (Å²) in [5.74, 6) is 2.50. The normalized spacial score (nSPS) is 13.0. The molecule has 0 atom stereocenters. The summed E-state index contributed by atoms with van der Waals surface area (Å²) in [5, 5.41) is 0. The van der Waals surface area contributed by atoms with Crippen molar-refractivity contribution in [1.29, 1.82) is 0 Å². The minimum atomic E-state index is -0.0589. The van der Waals surface area contributed by atoms with Gasteiger partial charge in [0.1, 0.15) is 0 Å². The fraction of sp³-hybridized carbons (Fsp3) is 0.350. The van der Waals surface area contributed by atoms with Crippen LogP contribution in [0.15, 0.2) is 36.4 Å². The molecule has 0 saturated carbocycles. The van der Waals surface area contributed by atoms with Crippen molar-refractivity contribution in [3.63, 3.8) is 0 Å². The van der Waals surface area contributed by atoms with E-state index in [4.69, 9.17) is 18.9 Å². The van der Waals surface area contributed by atoms with Gasteiger partial charge in [0.15, 0.2) is 29.6 Å². The Morgan fingerprint density at radius 2 is 1.54 bits per heavy atom. The number of benzene rings is 2. The fourth-order valence-electron chi connectivity index (χ4n) is 3.06. The van der Waals surface area contributed by atoms with Crippen LogP contribution in [-0.4, -0.2) is 45.3 Å². The molecule has 0 fully saturated rings. The van der Waals surface area contributed by atoms with E-state index in [0.29, 0.717) is 36.1 Å². The highest BCUT2D eigenvalue weighted by molar-refractivity contribution is 5.78. The van der Waals surface area contributed by atoms with Crippen molar-refractivity contribution in [2.45, 2.75) is 13.0 Å². The Kier molecular flexibility index (Phi) is 5.51. The second-order valence-electron chi connectivity index (χ2n) is 5.98. The van der Waals surface area contributed by atoms with Crippen LogP contribution < -0.4 is 18.9 Å². The number of methoxy groups -OCH3 is 3. The van der Waals surface area contributed by atoms with Gasteiger partial charge in [0.2, 0.25) is 0 Å². The summed E-state index contributed by atoms with van der Waals surface area (Å²) in [4.78, 5) is 14.4. The zero-order chi connectivity index (χ0) is 18.5. The zero-order valence-electron chi connectivity index (χ0n) is 15.3. The highest BCUT2D eigenvalue weighted by Crippen LogP contribution is 2.33. The molecule has 26 heavy (non-hydrogen) atoms. The van der Waals surface area contributed by atoms with Crippen molar-refractivity contribution in [3.05, 3.63) is 47.5 Å². The Hall–Kier alpha value is -2.89. The van der Waals surface area contributed by atoms with Gasteiger partial charge in [-0.25, -0.2) is 0 Å². The third kappa shape index (κ3) is 3.69. The number of carbonyl (C=O) groups is 1. The Morgan fingerprint density at radius 3 is 2.19 bits per heavy atom. The van der Waals surface area contributed by atoms with Crippen LogP contribution in [-0.2, 0) is 17.8 Å². The summed E-state index contributed by atoms with van der Waals surface area (Å²) < 4.78 is 21.6.